The molecule has 182 valence electrons. The van der Waals surface area contributed by atoms with E-state index in [0.717, 1.165) is 11.1 Å². The highest BCUT2D eigenvalue weighted by Gasteiger charge is 2.26. The van der Waals surface area contributed by atoms with Gasteiger partial charge in [0, 0.05) is 11.6 Å². The molecule has 0 unspecified atom stereocenters. The summed E-state index contributed by atoms with van der Waals surface area (Å²) < 4.78 is 10.5. The lowest BCUT2D eigenvalue weighted by molar-refractivity contribution is -0.136. The highest BCUT2D eigenvalue weighted by atomic mass is 16.5. The molecule has 0 fully saturated rings. The van der Waals surface area contributed by atoms with E-state index >= 15 is 0 Å². The molecule has 0 amide bonds. The van der Waals surface area contributed by atoms with Crippen LogP contribution in [0.1, 0.15) is 71.2 Å². The summed E-state index contributed by atoms with van der Waals surface area (Å²) in [7, 11) is 0. The molecule has 0 bridgehead atoms. The fourth-order valence-corrected chi connectivity index (χ4v) is 4.03. The molecule has 1 aromatic rings. The van der Waals surface area contributed by atoms with E-state index in [4.69, 9.17) is 9.47 Å². The second-order valence-electron chi connectivity index (χ2n) is 9.41. The van der Waals surface area contributed by atoms with Crippen molar-refractivity contribution in [3.8, 4) is 5.75 Å². The number of esters is 1. The molecule has 0 saturated heterocycles. The zero-order chi connectivity index (χ0) is 25.1. The summed E-state index contributed by atoms with van der Waals surface area (Å²) in [6, 6.07) is 6.79. The number of ketones is 1. The first-order chi connectivity index (χ1) is 16.1. The molecule has 0 aliphatic heterocycles. The number of hydrogen-bond donors (Lipinski definition) is 0. The summed E-state index contributed by atoms with van der Waals surface area (Å²) >= 11 is 0. The van der Waals surface area contributed by atoms with Crippen LogP contribution in [0.5, 0.6) is 5.75 Å². The van der Waals surface area contributed by atoms with Gasteiger partial charge < -0.3 is 9.47 Å². The van der Waals surface area contributed by atoms with E-state index in [2.05, 4.69) is 39.8 Å². The van der Waals surface area contributed by atoms with Crippen molar-refractivity contribution in [3.63, 3.8) is 0 Å². The lowest BCUT2D eigenvalue weighted by atomic mass is 9.72. The van der Waals surface area contributed by atoms with Crippen LogP contribution < -0.4 is 4.74 Å². The molecule has 0 radical (unpaired) electrons. The number of allylic oxidation sites excluding steroid dienone is 9. The number of carbonyl (C=O) groups excluding carboxylic acids is 2. The molecular weight excluding hydrogens is 424 g/mol. The van der Waals surface area contributed by atoms with Crippen LogP contribution in [-0.4, -0.2) is 25.0 Å². The Balaban J connectivity index is 1.87. The van der Waals surface area contributed by atoms with Crippen LogP contribution in [0.2, 0.25) is 0 Å². The number of benzene rings is 1. The third-order valence-electron chi connectivity index (χ3n) is 5.95. The van der Waals surface area contributed by atoms with E-state index in [9.17, 15) is 9.59 Å². The monoisotopic (exact) mass is 462 g/mol. The van der Waals surface area contributed by atoms with Gasteiger partial charge in [-0.2, -0.15) is 0 Å². The molecule has 2 rings (SSSR count). The van der Waals surface area contributed by atoms with Gasteiger partial charge in [0.1, 0.15) is 5.75 Å². The molecule has 0 saturated carbocycles. The normalized spacial score (nSPS) is 16.9. The van der Waals surface area contributed by atoms with Crippen LogP contribution in [0.3, 0.4) is 0 Å². The first kappa shape index (κ1) is 27.1. The first-order valence-corrected chi connectivity index (χ1v) is 12.0. The Morgan fingerprint density at radius 3 is 2.41 bits per heavy atom. The molecule has 0 heterocycles. The summed E-state index contributed by atoms with van der Waals surface area (Å²) in [6.07, 6.45) is 15.2. The third-order valence-corrected chi connectivity index (χ3v) is 5.95. The van der Waals surface area contributed by atoms with Gasteiger partial charge in [-0.05, 0) is 87.8 Å². The Bertz CT molecular complexity index is 1010. The van der Waals surface area contributed by atoms with Gasteiger partial charge in [-0.3, -0.25) is 4.79 Å². The Labute approximate surface area is 204 Å². The van der Waals surface area contributed by atoms with Gasteiger partial charge in [-0.25, -0.2) is 4.79 Å². The van der Waals surface area contributed by atoms with Crippen molar-refractivity contribution in [2.24, 2.45) is 5.41 Å². The van der Waals surface area contributed by atoms with Crippen LogP contribution in [0, 0.1) is 5.41 Å². The van der Waals surface area contributed by atoms with Crippen LogP contribution in [-0.2, 0) is 9.53 Å². The number of hydrogen-bond acceptors (Lipinski definition) is 4. The Kier molecular flexibility index (Phi) is 10.3. The van der Waals surface area contributed by atoms with Crippen LogP contribution in [0.4, 0.5) is 0 Å². The quantitative estimate of drug-likeness (QED) is 0.158. The molecule has 1 aliphatic rings. The predicted molar refractivity (Wildman–Crippen MR) is 139 cm³/mol. The van der Waals surface area contributed by atoms with Crippen molar-refractivity contribution in [2.45, 2.75) is 60.8 Å². The average molecular weight is 463 g/mol. The molecule has 4 heteroatoms. The molecule has 1 aromatic carbocycles. The summed E-state index contributed by atoms with van der Waals surface area (Å²) in [6.45, 7) is 12.9. The maximum atomic E-state index is 12.2. The van der Waals surface area contributed by atoms with Crippen LogP contribution >= 0.6 is 0 Å². The smallest absolute Gasteiger partial charge is 0.331 e. The number of rotatable bonds is 10. The molecular formula is C30H38O4. The minimum atomic E-state index is -0.538. The van der Waals surface area contributed by atoms with Crippen molar-refractivity contribution >= 4 is 11.8 Å². The number of Topliss-reactive ketones (excluding diaryl/α,β-unsaturated/α-hetero) is 1. The van der Waals surface area contributed by atoms with E-state index in [-0.39, 0.29) is 17.8 Å². The second-order valence-corrected chi connectivity index (χ2v) is 9.41. The molecule has 0 spiro atoms. The van der Waals surface area contributed by atoms with Crippen molar-refractivity contribution in [2.75, 3.05) is 13.2 Å². The highest BCUT2D eigenvalue weighted by molar-refractivity contribution is 5.98. The minimum Gasteiger partial charge on any atom is -0.494 e. The Morgan fingerprint density at radius 1 is 1.06 bits per heavy atom. The van der Waals surface area contributed by atoms with E-state index in [1.807, 2.05) is 32.1 Å². The maximum Gasteiger partial charge on any atom is 0.331 e. The van der Waals surface area contributed by atoms with Gasteiger partial charge in [-0.1, -0.05) is 55.4 Å². The Morgan fingerprint density at radius 2 is 1.76 bits per heavy atom. The van der Waals surface area contributed by atoms with Crippen molar-refractivity contribution in [1.82, 2.24) is 0 Å². The third kappa shape index (κ3) is 8.66. The summed E-state index contributed by atoms with van der Waals surface area (Å²) in [5.41, 5.74) is 5.51. The van der Waals surface area contributed by atoms with Gasteiger partial charge in [0.25, 0.3) is 0 Å². The summed E-state index contributed by atoms with van der Waals surface area (Å²) in [5.74, 6) is -0.0926. The van der Waals surface area contributed by atoms with Gasteiger partial charge in [0.15, 0.2) is 12.4 Å². The number of carbonyl (C=O) groups is 2. The zero-order valence-corrected chi connectivity index (χ0v) is 21.4. The Hall–Kier alpha value is -3.14. The topological polar surface area (TPSA) is 52.6 Å². The number of ether oxygens (including phenoxy) is 2. The highest BCUT2D eigenvalue weighted by Crippen LogP contribution is 2.40. The van der Waals surface area contributed by atoms with Gasteiger partial charge in [0.05, 0.1) is 6.61 Å². The lowest BCUT2D eigenvalue weighted by Gasteiger charge is -2.32. The van der Waals surface area contributed by atoms with E-state index in [1.165, 1.54) is 36.5 Å². The first-order valence-electron chi connectivity index (χ1n) is 12.0. The van der Waals surface area contributed by atoms with E-state index in [1.54, 1.807) is 24.3 Å². The molecule has 34 heavy (non-hydrogen) atoms. The summed E-state index contributed by atoms with van der Waals surface area (Å²) in [4.78, 5) is 24.3. The predicted octanol–water partition coefficient (Wildman–Crippen LogP) is 7.34. The van der Waals surface area contributed by atoms with Crippen molar-refractivity contribution in [1.29, 1.82) is 0 Å². The SMILES string of the molecule is CCOc1ccc(C(=O)COC(=O)C=C(C)C=CC=C(C)C=CC2=C(C)CCCC2(C)C)cc1. The lowest BCUT2D eigenvalue weighted by Crippen LogP contribution is -2.19. The molecule has 0 aromatic heterocycles. The van der Waals surface area contributed by atoms with Gasteiger partial charge in [0.2, 0.25) is 0 Å². The molecule has 0 atom stereocenters. The maximum absolute atomic E-state index is 12.2. The van der Waals surface area contributed by atoms with Crippen LogP contribution in [0.15, 0.2) is 83.0 Å². The fourth-order valence-electron chi connectivity index (χ4n) is 4.03. The molecule has 4 nitrogen and oxygen atoms in total. The van der Waals surface area contributed by atoms with Gasteiger partial charge in [-0.15, -0.1) is 0 Å². The molecule has 0 N–H and O–H groups in total. The van der Waals surface area contributed by atoms with E-state index < -0.39 is 5.97 Å². The standard InChI is InChI=1S/C30H38O4/c1-7-33-26-16-14-25(15-17-26)28(31)21-34-29(32)20-23(3)11-8-10-22(2)13-18-27-24(4)12-9-19-30(27,5)6/h8,10-11,13-18,20H,7,9,12,19,21H2,1-6H3. The molecule has 1 aliphatic carbocycles. The second kappa shape index (κ2) is 12.9. The van der Waals surface area contributed by atoms with Crippen molar-refractivity contribution in [3.05, 3.63) is 88.6 Å². The summed E-state index contributed by atoms with van der Waals surface area (Å²) in [5, 5.41) is 0. The zero-order valence-electron chi connectivity index (χ0n) is 21.4. The van der Waals surface area contributed by atoms with Crippen LogP contribution in [0.25, 0.3) is 0 Å². The van der Waals surface area contributed by atoms with Crippen molar-refractivity contribution < 1.29 is 19.1 Å². The fraction of sp³-hybridized carbons (Fsp3) is 0.400. The minimum absolute atomic E-state index is 0.225. The van der Waals surface area contributed by atoms with E-state index in [0.29, 0.717) is 17.9 Å². The largest absolute Gasteiger partial charge is 0.494 e. The van der Waals surface area contributed by atoms with Gasteiger partial charge >= 0.3 is 5.97 Å². The average Bonchev–Trinajstić information content (AvgIpc) is 2.77.